The molecule has 0 aliphatic carbocycles. The summed E-state index contributed by atoms with van der Waals surface area (Å²) in [6.45, 7) is 4.23. The van der Waals surface area contributed by atoms with E-state index in [1.54, 1.807) is 18.0 Å². The SMILES string of the molecule is CCC(C)C(O)CNC(=O)c1ccc2c(c1)CCC(=O)N2C. The fourth-order valence-corrected chi connectivity index (χ4v) is 2.57. The van der Waals surface area contributed by atoms with Crippen molar-refractivity contribution in [2.24, 2.45) is 5.92 Å². The molecule has 2 unspecified atom stereocenters. The number of anilines is 1. The molecule has 2 amide bonds. The van der Waals surface area contributed by atoms with Gasteiger partial charge in [-0.1, -0.05) is 20.3 Å². The smallest absolute Gasteiger partial charge is 0.251 e. The van der Waals surface area contributed by atoms with Gasteiger partial charge in [0, 0.05) is 31.3 Å². The highest BCUT2D eigenvalue weighted by molar-refractivity contribution is 5.98. The molecule has 120 valence electrons. The second-order valence-corrected chi connectivity index (χ2v) is 5.96. The van der Waals surface area contributed by atoms with Crippen molar-refractivity contribution < 1.29 is 14.7 Å². The van der Waals surface area contributed by atoms with Crippen molar-refractivity contribution in [2.45, 2.75) is 39.2 Å². The summed E-state index contributed by atoms with van der Waals surface area (Å²) in [7, 11) is 1.75. The quantitative estimate of drug-likeness (QED) is 0.870. The third-order valence-corrected chi connectivity index (χ3v) is 4.46. The second kappa shape index (κ2) is 6.92. The number of rotatable bonds is 5. The predicted octanol–water partition coefficient (Wildman–Crippen LogP) is 1.73. The van der Waals surface area contributed by atoms with Crippen LogP contribution in [0.15, 0.2) is 18.2 Å². The highest BCUT2D eigenvalue weighted by Gasteiger charge is 2.22. The maximum Gasteiger partial charge on any atom is 0.251 e. The third-order valence-electron chi connectivity index (χ3n) is 4.46. The van der Waals surface area contributed by atoms with Crippen LogP contribution < -0.4 is 10.2 Å². The fraction of sp³-hybridized carbons (Fsp3) is 0.529. The molecule has 0 aromatic heterocycles. The van der Waals surface area contributed by atoms with Crippen molar-refractivity contribution in [1.29, 1.82) is 0 Å². The van der Waals surface area contributed by atoms with Crippen molar-refractivity contribution in [3.8, 4) is 0 Å². The van der Waals surface area contributed by atoms with E-state index in [1.165, 1.54) is 0 Å². The molecule has 2 rings (SSSR count). The summed E-state index contributed by atoms with van der Waals surface area (Å²) >= 11 is 0. The minimum absolute atomic E-state index is 0.0985. The molecule has 0 saturated heterocycles. The lowest BCUT2D eigenvalue weighted by Crippen LogP contribution is -2.35. The lowest BCUT2D eigenvalue weighted by atomic mass is 9.98. The summed E-state index contributed by atoms with van der Waals surface area (Å²) in [5.41, 5.74) is 2.45. The molecule has 5 nitrogen and oxygen atoms in total. The van der Waals surface area contributed by atoms with E-state index in [1.807, 2.05) is 26.0 Å². The van der Waals surface area contributed by atoms with E-state index in [4.69, 9.17) is 0 Å². The Balaban J connectivity index is 2.04. The summed E-state index contributed by atoms with van der Waals surface area (Å²) in [6, 6.07) is 5.37. The molecule has 5 heteroatoms. The molecule has 2 N–H and O–H groups in total. The molecule has 0 saturated carbocycles. The third kappa shape index (κ3) is 3.47. The van der Waals surface area contributed by atoms with Gasteiger partial charge in [0.05, 0.1) is 6.10 Å². The van der Waals surface area contributed by atoms with Gasteiger partial charge in [0.2, 0.25) is 5.91 Å². The number of amides is 2. The Morgan fingerprint density at radius 3 is 2.82 bits per heavy atom. The first kappa shape index (κ1) is 16.5. The van der Waals surface area contributed by atoms with Crippen LogP contribution in [0.5, 0.6) is 0 Å². The highest BCUT2D eigenvalue weighted by atomic mass is 16.3. The molecule has 1 aromatic carbocycles. The fourth-order valence-electron chi connectivity index (χ4n) is 2.57. The highest BCUT2D eigenvalue weighted by Crippen LogP contribution is 2.27. The maximum atomic E-state index is 12.2. The van der Waals surface area contributed by atoms with Crippen LogP contribution in [-0.2, 0) is 11.2 Å². The van der Waals surface area contributed by atoms with Crippen molar-refractivity contribution in [2.75, 3.05) is 18.5 Å². The van der Waals surface area contributed by atoms with E-state index < -0.39 is 6.10 Å². The molecule has 1 aromatic rings. The summed E-state index contributed by atoms with van der Waals surface area (Å²) in [5, 5.41) is 12.7. The van der Waals surface area contributed by atoms with E-state index in [-0.39, 0.29) is 24.3 Å². The lowest BCUT2D eigenvalue weighted by molar-refractivity contribution is -0.118. The van der Waals surface area contributed by atoms with Crippen LogP contribution in [0.3, 0.4) is 0 Å². The van der Waals surface area contributed by atoms with Gasteiger partial charge in [-0.2, -0.15) is 0 Å². The van der Waals surface area contributed by atoms with E-state index in [9.17, 15) is 14.7 Å². The maximum absolute atomic E-state index is 12.2. The zero-order valence-corrected chi connectivity index (χ0v) is 13.4. The second-order valence-electron chi connectivity index (χ2n) is 5.96. The van der Waals surface area contributed by atoms with E-state index in [2.05, 4.69) is 5.32 Å². The number of nitrogens with zero attached hydrogens (tertiary/aromatic N) is 1. The van der Waals surface area contributed by atoms with Crippen molar-refractivity contribution in [3.63, 3.8) is 0 Å². The summed E-state index contributed by atoms with van der Waals surface area (Å²) in [5.74, 6) is 0.0644. The van der Waals surface area contributed by atoms with Gasteiger partial charge in [0.1, 0.15) is 0 Å². The summed E-state index contributed by atoms with van der Waals surface area (Å²) < 4.78 is 0. The molecule has 1 aliphatic heterocycles. The van der Waals surface area contributed by atoms with Crippen LogP contribution in [0, 0.1) is 5.92 Å². The normalized spacial score (nSPS) is 16.9. The number of benzene rings is 1. The van der Waals surface area contributed by atoms with Crippen LogP contribution in [-0.4, -0.2) is 36.6 Å². The number of aliphatic hydroxyl groups is 1. The Kier molecular flexibility index (Phi) is 5.19. The molecule has 1 aliphatic rings. The Hall–Kier alpha value is -1.88. The molecule has 0 fully saturated rings. The average molecular weight is 304 g/mol. The number of fused-ring (bicyclic) bond motifs is 1. The predicted molar refractivity (Wildman–Crippen MR) is 86.0 cm³/mol. The molecular weight excluding hydrogens is 280 g/mol. The number of aliphatic hydroxyl groups excluding tert-OH is 1. The Labute approximate surface area is 131 Å². The summed E-state index contributed by atoms with van der Waals surface area (Å²) in [4.78, 5) is 25.5. The number of aryl methyl sites for hydroxylation is 1. The van der Waals surface area contributed by atoms with Crippen LogP contribution in [0.1, 0.15) is 42.6 Å². The number of carbonyl (C=O) groups is 2. The van der Waals surface area contributed by atoms with Crippen LogP contribution >= 0.6 is 0 Å². The van der Waals surface area contributed by atoms with Crippen LogP contribution in [0.4, 0.5) is 5.69 Å². The monoisotopic (exact) mass is 304 g/mol. The first-order valence-electron chi connectivity index (χ1n) is 7.79. The Morgan fingerprint density at radius 2 is 2.14 bits per heavy atom. The lowest BCUT2D eigenvalue weighted by Gasteiger charge is -2.26. The molecule has 2 atom stereocenters. The average Bonchev–Trinajstić information content (AvgIpc) is 2.54. The Morgan fingerprint density at radius 1 is 1.41 bits per heavy atom. The first-order chi connectivity index (χ1) is 10.4. The minimum Gasteiger partial charge on any atom is -0.391 e. The largest absolute Gasteiger partial charge is 0.391 e. The van der Waals surface area contributed by atoms with E-state index in [0.29, 0.717) is 18.4 Å². The molecule has 0 radical (unpaired) electrons. The molecular formula is C17H24N2O3. The zero-order chi connectivity index (χ0) is 16.3. The summed E-state index contributed by atoms with van der Waals surface area (Å²) in [6.07, 6.45) is 1.47. The molecule has 1 heterocycles. The van der Waals surface area contributed by atoms with Gasteiger partial charge in [0.25, 0.3) is 5.91 Å². The topological polar surface area (TPSA) is 69.6 Å². The van der Waals surface area contributed by atoms with Gasteiger partial charge in [-0.3, -0.25) is 9.59 Å². The first-order valence-corrected chi connectivity index (χ1v) is 7.79. The van der Waals surface area contributed by atoms with E-state index >= 15 is 0 Å². The molecule has 0 spiro atoms. The van der Waals surface area contributed by atoms with Gasteiger partial charge in [-0.05, 0) is 36.1 Å². The van der Waals surface area contributed by atoms with Crippen molar-refractivity contribution in [3.05, 3.63) is 29.3 Å². The van der Waals surface area contributed by atoms with Gasteiger partial charge in [-0.15, -0.1) is 0 Å². The molecule has 0 bridgehead atoms. The number of carbonyl (C=O) groups excluding carboxylic acids is 2. The molecule has 22 heavy (non-hydrogen) atoms. The minimum atomic E-state index is -0.532. The van der Waals surface area contributed by atoms with Crippen molar-refractivity contribution in [1.82, 2.24) is 5.32 Å². The number of hydrogen-bond acceptors (Lipinski definition) is 3. The van der Waals surface area contributed by atoms with Gasteiger partial charge < -0.3 is 15.3 Å². The van der Waals surface area contributed by atoms with Gasteiger partial charge in [-0.25, -0.2) is 0 Å². The zero-order valence-electron chi connectivity index (χ0n) is 13.4. The number of nitrogens with one attached hydrogen (secondary N) is 1. The van der Waals surface area contributed by atoms with Gasteiger partial charge >= 0.3 is 0 Å². The van der Waals surface area contributed by atoms with Crippen molar-refractivity contribution >= 4 is 17.5 Å². The van der Waals surface area contributed by atoms with E-state index in [0.717, 1.165) is 17.7 Å². The van der Waals surface area contributed by atoms with Crippen LogP contribution in [0.25, 0.3) is 0 Å². The van der Waals surface area contributed by atoms with Crippen LogP contribution in [0.2, 0.25) is 0 Å². The standard InChI is InChI=1S/C17H24N2O3/c1-4-11(2)15(20)10-18-17(22)13-5-7-14-12(9-13)6-8-16(21)19(14)3/h5,7,9,11,15,20H,4,6,8,10H2,1-3H3,(H,18,22). The number of hydrogen-bond donors (Lipinski definition) is 2. The van der Waals surface area contributed by atoms with Gasteiger partial charge in [0.15, 0.2) is 0 Å². The Bertz CT molecular complexity index is 571.